The average Bonchev–Trinajstić information content (AvgIpc) is 2.63. The Morgan fingerprint density at radius 2 is 2.40 bits per heavy atom. The van der Waals surface area contributed by atoms with Crippen LogP contribution in [0.1, 0.15) is 11.5 Å². The second kappa shape index (κ2) is 4.81. The van der Waals surface area contributed by atoms with Crippen LogP contribution in [0.4, 0.5) is 0 Å². The molecule has 0 fully saturated rings. The number of hydrogen-bond donors (Lipinski definition) is 0. The maximum Gasteiger partial charge on any atom is 0.147 e. The van der Waals surface area contributed by atoms with Gasteiger partial charge in [0.05, 0.1) is 11.4 Å². The van der Waals surface area contributed by atoms with E-state index in [1.807, 2.05) is 25.1 Å². The van der Waals surface area contributed by atoms with Gasteiger partial charge in [0, 0.05) is 16.7 Å². The average molecular weight is 285 g/mol. The molecule has 0 N–H and O–H groups in total. The molecule has 0 atom stereocenters. The molecule has 15 heavy (non-hydrogen) atoms. The van der Waals surface area contributed by atoms with Crippen molar-refractivity contribution in [2.45, 2.75) is 17.7 Å². The largest absolute Gasteiger partial charge is 0.360 e. The van der Waals surface area contributed by atoms with E-state index in [0.29, 0.717) is 0 Å². The number of aryl methyl sites for hydroxylation is 1. The number of aromatic nitrogens is 2. The van der Waals surface area contributed by atoms with Crippen LogP contribution in [0, 0.1) is 6.92 Å². The highest BCUT2D eigenvalue weighted by molar-refractivity contribution is 9.10. The van der Waals surface area contributed by atoms with Gasteiger partial charge in [0.2, 0.25) is 0 Å². The first-order chi connectivity index (χ1) is 7.25. The van der Waals surface area contributed by atoms with Crippen molar-refractivity contribution in [2.75, 3.05) is 0 Å². The number of hydrogen-bond acceptors (Lipinski definition) is 4. The Morgan fingerprint density at radius 1 is 1.53 bits per heavy atom. The van der Waals surface area contributed by atoms with Gasteiger partial charge in [0.1, 0.15) is 10.8 Å². The normalized spacial score (nSPS) is 10.5. The van der Waals surface area contributed by atoms with Gasteiger partial charge in [-0.25, -0.2) is 4.98 Å². The lowest BCUT2D eigenvalue weighted by Crippen LogP contribution is -1.82. The number of nitrogens with zero attached hydrogens (tertiary/aromatic N) is 2. The summed E-state index contributed by atoms with van der Waals surface area (Å²) in [7, 11) is 0. The zero-order chi connectivity index (χ0) is 10.7. The van der Waals surface area contributed by atoms with Crippen LogP contribution < -0.4 is 0 Å². The van der Waals surface area contributed by atoms with E-state index in [-0.39, 0.29) is 0 Å². The van der Waals surface area contributed by atoms with Gasteiger partial charge in [-0.05, 0) is 35.0 Å². The summed E-state index contributed by atoms with van der Waals surface area (Å²) >= 11 is 5.07. The Hall–Kier alpha value is -0.810. The predicted molar refractivity (Wildman–Crippen MR) is 62.7 cm³/mol. The van der Waals surface area contributed by atoms with Gasteiger partial charge >= 0.3 is 0 Å². The fraction of sp³-hybridized carbons (Fsp3) is 0.200. The topological polar surface area (TPSA) is 38.9 Å². The van der Waals surface area contributed by atoms with Gasteiger partial charge in [-0.1, -0.05) is 16.9 Å². The molecule has 0 spiro atoms. The van der Waals surface area contributed by atoms with E-state index in [2.05, 4.69) is 26.1 Å². The third-order valence-corrected chi connectivity index (χ3v) is 3.68. The number of rotatable bonds is 3. The quantitative estimate of drug-likeness (QED) is 0.810. The molecular weight excluding hydrogens is 276 g/mol. The minimum atomic E-state index is 0.746. The number of thioether (sulfide) groups is 1. The van der Waals surface area contributed by atoms with Crippen LogP contribution in [0.15, 0.2) is 38.4 Å². The smallest absolute Gasteiger partial charge is 0.147 e. The first-order valence-corrected chi connectivity index (χ1v) is 6.19. The molecule has 0 bridgehead atoms. The second-order valence-electron chi connectivity index (χ2n) is 3.01. The fourth-order valence-corrected chi connectivity index (χ4v) is 2.46. The number of pyridine rings is 1. The van der Waals surface area contributed by atoms with Gasteiger partial charge in [-0.2, -0.15) is 0 Å². The molecule has 0 unspecified atom stereocenters. The zero-order valence-corrected chi connectivity index (χ0v) is 10.5. The molecule has 0 saturated heterocycles. The van der Waals surface area contributed by atoms with E-state index in [0.717, 1.165) is 26.7 Å². The van der Waals surface area contributed by atoms with Crippen molar-refractivity contribution < 1.29 is 4.52 Å². The highest BCUT2D eigenvalue weighted by Gasteiger charge is 2.05. The van der Waals surface area contributed by atoms with Crippen molar-refractivity contribution in [1.82, 2.24) is 10.1 Å². The highest BCUT2D eigenvalue weighted by Crippen LogP contribution is 2.27. The molecule has 0 radical (unpaired) electrons. The van der Waals surface area contributed by atoms with Crippen LogP contribution in [-0.2, 0) is 5.75 Å². The molecule has 2 rings (SSSR count). The van der Waals surface area contributed by atoms with E-state index in [4.69, 9.17) is 4.52 Å². The van der Waals surface area contributed by atoms with Gasteiger partial charge in [0.25, 0.3) is 0 Å². The first kappa shape index (κ1) is 10.7. The van der Waals surface area contributed by atoms with Gasteiger partial charge in [-0.15, -0.1) is 0 Å². The molecule has 0 aliphatic carbocycles. The van der Waals surface area contributed by atoms with Gasteiger partial charge < -0.3 is 4.52 Å². The zero-order valence-electron chi connectivity index (χ0n) is 8.11. The number of halogens is 1. The van der Waals surface area contributed by atoms with Crippen LogP contribution in [0.2, 0.25) is 0 Å². The Morgan fingerprint density at radius 3 is 3.07 bits per heavy atom. The Bertz CT molecular complexity index is 458. The maximum atomic E-state index is 5.11. The van der Waals surface area contributed by atoms with Gasteiger partial charge in [0.15, 0.2) is 0 Å². The fourth-order valence-electron chi connectivity index (χ4n) is 1.10. The molecule has 0 aliphatic rings. The summed E-state index contributed by atoms with van der Waals surface area (Å²) in [5.41, 5.74) is 0.908. The molecule has 2 heterocycles. The van der Waals surface area contributed by atoms with Crippen LogP contribution in [0.3, 0.4) is 0 Å². The summed E-state index contributed by atoms with van der Waals surface area (Å²) in [6.45, 7) is 1.91. The second-order valence-corrected chi connectivity index (χ2v) is 4.83. The lowest BCUT2D eigenvalue weighted by atomic mass is 10.4. The summed E-state index contributed by atoms with van der Waals surface area (Å²) in [5.74, 6) is 1.62. The molecule has 0 amide bonds. The van der Waals surface area contributed by atoms with Crippen molar-refractivity contribution in [3.05, 3.63) is 40.3 Å². The predicted octanol–water partition coefficient (Wildman–Crippen LogP) is 3.43. The molecule has 2 aromatic heterocycles. The summed E-state index contributed by atoms with van der Waals surface area (Å²) in [4.78, 5) is 4.25. The van der Waals surface area contributed by atoms with Crippen molar-refractivity contribution in [1.29, 1.82) is 0 Å². The van der Waals surface area contributed by atoms with E-state index >= 15 is 0 Å². The Labute approximate surface area is 100 Å². The third-order valence-electron chi connectivity index (χ3n) is 1.75. The minimum Gasteiger partial charge on any atom is -0.360 e. The molecular formula is C10H9BrN2OS. The summed E-state index contributed by atoms with van der Waals surface area (Å²) in [6, 6.07) is 5.80. The van der Waals surface area contributed by atoms with E-state index < -0.39 is 0 Å². The van der Waals surface area contributed by atoms with Crippen molar-refractivity contribution in [3.8, 4) is 0 Å². The summed E-state index contributed by atoms with van der Waals surface area (Å²) < 4.78 is 6.12. The highest BCUT2D eigenvalue weighted by atomic mass is 79.9. The SMILES string of the molecule is Cc1cc(CSc2ncccc2Br)on1. The molecule has 0 saturated carbocycles. The Balaban J connectivity index is 2.02. The van der Waals surface area contributed by atoms with Crippen LogP contribution >= 0.6 is 27.7 Å². The van der Waals surface area contributed by atoms with Crippen molar-refractivity contribution in [2.24, 2.45) is 0 Å². The maximum absolute atomic E-state index is 5.11. The molecule has 2 aromatic rings. The Kier molecular flexibility index (Phi) is 3.43. The summed E-state index contributed by atoms with van der Waals surface area (Å²) in [6.07, 6.45) is 1.78. The minimum absolute atomic E-state index is 0.746. The lowest BCUT2D eigenvalue weighted by molar-refractivity contribution is 0.391. The monoisotopic (exact) mass is 284 g/mol. The summed E-state index contributed by atoms with van der Waals surface area (Å²) in [5, 5.41) is 4.80. The van der Waals surface area contributed by atoms with Crippen LogP contribution in [-0.4, -0.2) is 10.1 Å². The van der Waals surface area contributed by atoms with E-state index in [1.54, 1.807) is 18.0 Å². The third kappa shape index (κ3) is 2.82. The molecule has 0 aromatic carbocycles. The molecule has 78 valence electrons. The van der Waals surface area contributed by atoms with Crippen LogP contribution in [0.25, 0.3) is 0 Å². The van der Waals surface area contributed by atoms with E-state index in [9.17, 15) is 0 Å². The first-order valence-electron chi connectivity index (χ1n) is 4.41. The molecule has 0 aliphatic heterocycles. The van der Waals surface area contributed by atoms with Gasteiger partial charge in [-0.3, -0.25) is 0 Å². The molecule has 3 nitrogen and oxygen atoms in total. The van der Waals surface area contributed by atoms with Crippen LogP contribution in [0.5, 0.6) is 0 Å². The van der Waals surface area contributed by atoms with Crippen molar-refractivity contribution in [3.63, 3.8) is 0 Å². The van der Waals surface area contributed by atoms with E-state index in [1.165, 1.54) is 0 Å². The standard InChI is InChI=1S/C10H9BrN2OS/c1-7-5-8(14-13-7)6-15-10-9(11)3-2-4-12-10/h2-5H,6H2,1H3. The van der Waals surface area contributed by atoms with Crippen molar-refractivity contribution >= 4 is 27.7 Å². The molecule has 5 heteroatoms. The lowest BCUT2D eigenvalue weighted by Gasteiger charge is -1.99.